The number of carbonyl (C=O) groups excluding carboxylic acids is 1. The Bertz CT molecular complexity index is 496. The summed E-state index contributed by atoms with van der Waals surface area (Å²) in [5, 5.41) is 11.2. The molecule has 0 atom stereocenters. The molecule has 0 N–H and O–H groups in total. The number of fused-ring (bicyclic) bond motifs is 1. The van der Waals surface area contributed by atoms with E-state index >= 15 is 0 Å². The maximum atomic E-state index is 10.3. The molecule has 0 radical (unpaired) electrons. The van der Waals surface area contributed by atoms with Gasteiger partial charge in [-0.25, -0.2) is 0 Å². The molecule has 76 valence electrons. The SMILES string of the molecule is O=C([O-])COc1cccc2cccnc12.[K+]. The second-order valence-electron chi connectivity index (χ2n) is 2.99. The van der Waals surface area contributed by atoms with Gasteiger partial charge in [-0.3, -0.25) is 4.98 Å². The van der Waals surface area contributed by atoms with Crippen molar-refractivity contribution < 1.29 is 66.0 Å². The van der Waals surface area contributed by atoms with Gasteiger partial charge in [-0.2, -0.15) is 0 Å². The number of carbonyl (C=O) groups is 1. The zero-order valence-electron chi connectivity index (χ0n) is 8.84. The van der Waals surface area contributed by atoms with Gasteiger partial charge < -0.3 is 14.6 Å². The molecule has 1 heterocycles. The van der Waals surface area contributed by atoms with Crippen molar-refractivity contribution in [2.45, 2.75) is 0 Å². The molecule has 0 aliphatic heterocycles. The van der Waals surface area contributed by atoms with Crippen molar-refractivity contribution in [1.82, 2.24) is 4.98 Å². The molecule has 1 aromatic heterocycles. The zero-order chi connectivity index (χ0) is 10.7. The molecule has 2 aromatic rings. The second-order valence-corrected chi connectivity index (χ2v) is 2.99. The van der Waals surface area contributed by atoms with Crippen LogP contribution in [0.1, 0.15) is 0 Å². The van der Waals surface area contributed by atoms with Gasteiger partial charge in [0.2, 0.25) is 0 Å². The molecular formula is C11H8KNO3. The average Bonchev–Trinajstić information content (AvgIpc) is 2.26. The van der Waals surface area contributed by atoms with E-state index in [4.69, 9.17) is 4.74 Å². The summed E-state index contributed by atoms with van der Waals surface area (Å²) in [5.41, 5.74) is 0.654. The Morgan fingerprint density at radius 1 is 1.31 bits per heavy atom. The zero-order valence-corrected chi connectivity index (χ0v) is 12.0. The number of hydrogen-bond donors (Lipinski definition) is 0. The average molecular weight is 241 g/mol. The molecule has 0 bridgehead atoms. The van der Waals surface area contributed by atoms with Gasteiger partial charge in [-0.15, -0.1) is 0 Å². The van der Waals surface area contributed by atoms with Gasteiger partial charge in [0.05, 0.1) is 5.97 Å². The van der Waals surface area contributed by atoms with E-state index in [9.17, 15) is 9.90 Å². The van der Waals surface area contributed by atoms with Crippen LogP contribution in [-0.4, -0.2) is 17.6 Å². The van der Waals surface area contributed by atoms with E-state index in [0.717, 1.165) is 5.39 Å². The van der Waals surface area contributed by atoms with E-state index in [-0.39, 0.29) is 51.4 Å². The molecule has 0 saturated heterocycles. The van der Waals surface area contributed by atoms with Gasteiger partial charge in [0.25, 0.3) is 0 Å². The predicted octanol–water partition coefficient (Wildman–Crippen LogP) is -2.63. The van der Waals surface area contributed by atoms with Crippen molar-refractivity contribution in [1.29, 1.82) is 0 Å². The third-order valence-electron chi connectivity index (χ3n) is 1.94. The van der Waals surface area contributed by atoms with Crippen LogP contribution < -0.4 is 61.2 Å². The van der Waals surface area contributed by atoms with Crippen LogP contribution in [0.3, 0.4) is 0 Å². The molecule has 0 fully saturated rings. The van der Waals surface area contributed by atoms with Crippen molar-refractivity contribution >= 4 is 16.9 Å². The van der Waals surface area contributed by atoms with Crippen LogP contribution in [-0.2, 0) is 4.79 Å². The summed E-state index contributed by atoms with van der Waals surface area (Å²) in [5.74, 6) is -0.791. The number of aromatic nitrogens is 1. The largest absolute Gasteiger partial charge is 1.00 e. The van der Waals surface area contributed by atoms with Crippen molar-refractivity contribution in [3.63, 3.8) is 0 Å². The first-order valence-corrected chi connectivity index (χ1v) is 4.44. The summed E-state index contributed by atoms with van der Waals surface area (Å²) < 4.78 is 5.06. The number of carboxylic acid groups (broad SMARTS) is 1. The molecule has 1 aromatic carbocycles. The fourth-order valence-electron chi connectivity index (χ4n) is 1.33. The number of hydrogen-bond acceptors (Lipinski definition) is 4. The summed E-state index contributed by atoms with van der Waals surface area (Å²) in [6.07, 6.45) is 1.63. The summed E-state index contributed by atoms with van der Waals surface area (Å²) in [7, 11) is 0. The van der Waals surface area contributed by atoms with E-state index in [0.29, 0.717) is 11.3 Å². The van der Waals surface area contributed by atoms with Crippen molar-refractivity contribution in [3.05, 3.63) is 36.5 Å². The number of pyridine rings is 1. The Morgan fingerprint density at radius 2 is 2.06 bits per heavy atom. The van der Waals surface area contributed by atoms with Crippen LogP contribution in [0.4, 0.5) is 0 Å². The molecule has 4 nitrogen and oxygen atoms in total. The Kier molecular flexibility index (Phi) is 5.37. The van der Waals surface area contributed by atoms with Crippen LogP contribution >= 0.6 is 0 Å². The molecule has 5 heteroatoms. The van der Waals surface area contributed by atoms with Crippen LogP contribution in [0.15, 0.2) is 36.5 Å². The number of benzene rings is 1. The van der Waals surface area contributed by atoms with Gasteiger partial charge in [0.15, 0.2) is 0 Å². The van der Waals surface area contributed by atoms with E-state index in [1.165, 1.54) is 0 Å². The Labute approximate surface area is 135 Å². The second kappa shape index (κ2) is 6.32. The monoisotopic (exact) mass is 241 g/mol. The Balaban J connectivity index is 0.00000128. The molecule has 0 unspecified atom stereocenters. The van der Waals surface area contributed by atoms with E-state index in [1.54, 1.807) is 18.3 Å². The van der Waals surface area contributed by atoms with Crippen LogP contribution in [0.25, 0.3) is 10.9 Å². The molecule has 0 aliphatic carbocycles. The third kappa shape index (κ3) is 3.26. The van der Waals surface area contributed by atoms with Crippen LogP contribution in [0.5, 0.6) is 5.75 Å². The maximum absolute atomic E-state index is 10.3. The number of rotatable bonds is 3. The molecule has 2 rings (SSSR count). The number of ether oxygens (including phenoxy) is 1. The molecular weight excluding hydrogens is 233 g/mol. The summed E-state index contributed by atoms with van der Waals surface area (Å²) in [4.78, 5) is 14.4. The molecule has 0 aliphatic rings. The first-order chi connectivity index (χ1) is 7.27. The van der Waals surface area contributed by atoms with Gasteiger partial charge in [0, 0.05) is 11.6 Å². The van der Waals surface area contributed by atoms with Gasteiger partial charge in [-0.1, -0.05) is 18.2 Å². The standard InChI is InChI=1S/C11H9NO3.K/c13-10(14)7-15-9-5-1-3-8-4-2-6-12-11(8)9;/h1-6H,7H2,(H,13,14);/q;+1/p-1. The number of para-hydroxylation sites is 1. The molecule has 16 heavy (non-hydrogen) atoms. The Hall–Kier alpha value is -0.464. The number of nitrogens with zero attached hydrogens (tertiary/aromatic N) is 1. The van der Waals surface area contributed by atoms with Crippen LogP contribution in [0, 0.1) is 0 Å². The van der Waals surface area contributed by atoms with Crippen molar-refractivity contribution in [2.24, 2.45) is 0 Å². The maximum Gasteiger partial charge on any atom is 1.00 e. The summed E-state index contributed by atoms with van der Waals surface area (Å²) in [6.45, 7) is -0.463. The van der Waals surface area contributed by atoms with E-state index in [1.807, 2.05) is 18.2 Å². The normalized spacial score (nSPS) is 9.50. The predicted molar refractivity (Wildman–Crippen MR) is 52.2 cm³/mol. The van der Waals surface area contributed by atoms with Gasteiger partial charge in [0.1, 0.15) is 17.9 Å². The third-order valence-corrected chi connectivity index (χ3v) is 1.94. The van der Waals surface area contributed by atoms with E-state index < -0.39 is 12.6 Å². The minimum Gasteiger partial charge on any atom is -0.546 e. The summed E-state index contributed by atoms with van der Waals surface area (Å²) in [6, 6.07) is 9.04. The van der Waals surface area contributed by atoms with Gasteiger partial charge >= 0.3 is 51.4 Å². The molecule has 0 saturated carbocycles. The number of aliphatic carboxylic acids is 1. The fourth-order valence-corrected chi connectivity index (χ4v) is 1.33. The molecule has 0 spiro atoms. The smallest absolute Gasteiger partial charge is 0.546 e. The fraction of sp³-hybridized carbons (Fsp3) is 0.0909. The van der Waals surface area contributed by atoms with E-state index in [2.05, 4.69) is 4.98 Å². The first-order valence-electron chi connectivity index (χ1n) is 4.44. The molecule has 0 amide bonds. The first kappa shape index (κ1) is 13.6. The Morgan fingerprint density at radius 3 is 2.81 bits per heavy atom. The summed E-state index contributed by atoms with van der Waals surface area (Å²) >= 11 is 0. The topological polar surface area (TPSA) is 62.2 Å². The minimum absolute atomic E-state index is 0. The van der Waals surface area contributed by atoms with Gasteiger partial charge in [-0.05, 0) is 12.1 Å². The number of carboxylic acids is 1. The van der Waals surface area contributed by atoms with Crippen molar-refractivity contribution in [2.75, 3.05) is 6.61 Å². The quantitative estimate of drug-likeness (QED) is 0.551. The van der Waals surface area contributed by atoms with Crippen molar-refractivity contribution in [3.8, 4) is 5.75 Å². The minimum atomic E-state index is -1.25. The van der Waals surface area contributed by atoms with Crippen LogP contribution in [0.2, 0.25) is 0 Å².